The third-order valence-electron chi connectivity index (χ3n) is 3.73. The number of benzene rings is 1. The summed E-state index contributed by atoms with van der Waals surface area (Å²) in [5.41, 5.74) is 2.37. The van der Waals surface area contributed by atoms with Crippen LogP contribution in [0.4, 0.5) is 0 Å². The van der Waals surface area contributed by atoms with E-state index in [4.69, 9.17) is 23.6 Å². The average Bonchev–Trinajstić information content (AvgIpc) is 2.95. The van der Waals surface area contributed by atoms with Crippen LogP contribution in [-0.4, -0.2) is 40.3 Å². The van der Waals surface area contributed by atoms with Crippen molar-refractivity contribution in [2.75, 3.05) is 21.3 Å². The van der Waals surface area contributed by atoms with Gasteiger partial charge in [0.05, 0.1) is 33.5 Å². The highest BCUT2D eigenvalue weighted by atomic mass is 28.3. The molecule has 0 aliphatic heterocycles. The van der Waals surface area contributed by atoms with E-state index < -0.39 is 9.04 Å². The van der Waals surface area contributed by atoms with Crippen molar-refractivity contribution >= 4 is 20.1 Å². The minimum atomic E-state index is -0.846. The zero-order chi connectivity index (χ0) is 18.1. The fourth-order valence-electron chi connectivity index (χ4n) is 2.52. The summed E-state index contributed by atoms with van der Waals surface area (Å²) in [7, 11) is 3.99. The lowest BCUT2D eigenvalue weighted by atomic mass is 9.96. The quantitative estimate of drug-likeness (QED) is 0.805. The van der Waals surface area contributed by atoms with Crippen LogP contribution in [-0.2, 0) is 16.4 Å². The molecule has 1 heterocycles. The summed E-state index contributed by atoms with van der Waals surface area (Å²) in [6, 6.07) is 0. The fraction of sp³-hybridized carbons (Fsp3) is 0.588. The van der Waals surface area contributed by atoms with Crippen LogP contribution in [0.25, 0.3) is 11.0 Å². The number of imidazole rings is 1. The Bertz CT molecular complexity index is 720. The van der Waals surface area contributed by atoms with Crippen LogP contribution in [0.3, 0.4) is 0 Å². The second-order valence-electron chi connectivity index (χ2n) is 6.83. The molecule has 0 aliphatic rings. The first-order valence-corrected chi connectivity index (χ1v) is 10.3. The van der Waals surface area contributed by atoms with Crippen LogP contribution in [0.5, 0.6) is 17.2 Å². The summed E-state index contributed by atoms with van der Waals surface area (Å²) in [6.07, 6.45) is 0. The van der Waals surface area contributed by atoms with Gasteiger partial charge in [0.1, 0.15) is 16.9 Å². The molecule has 0 atom stereocenters. The zero-order valence-corrected chi connectivity index (χ0v) is 16.8. The van der Waals surface area contributed by atoms with Gasteiger partial charge >= 0.3 is 0 Å². The number of nitrogens with one attached hydrogen (secondary N) is 1. The highest BCUT2D eigenvalue weighted by molar-refractivity contribution is 6.48. The molecule has 2 aromatic rings. The van der Waals surface area contributed by atoms with Crippen molar-refractivity contribution in [3.8, 4) is 17.2 Å². The highest BCUT2D eigenvalue weighted by Gasteiger charge is 2.27. The molecule has 0 saturated heterocycles. The first kappa shape index (κ1) is 18.6. The van der Waals surface area contributed by atoms with E-state index in [1.807, 2.05) is 0 Å². The molecule has 0 amide bonds. The Balaban J connectivity index is 2.81. The maximum absolute atomic E-state index is 5.92. The minimum Gasteiger partial charge on any atom is -0.492 e. The zero-order valence-electron chi connectivity index (χ0n) is 15.8. The summed E-state index contributed by atoms with van der Waals surface area (Å²) in [5.74, 6) is 2.63. The van der Waals surface area contributed by atoms with Gasteiger partial charge in [0.15, 0.2) is 11.5 Å². The summed E-state index contributed by atoms with van der Waals surface area (Å²) in [5, 5.41) is 0. The molecular weight excluding hydrogens is 324 g/mol. The molecule has 2 rings (SSSR count). The van der Waals surface area contributed by atoms with Crippen LogP contribution >= 0.6 is 0 Å². The van der Waals surface area contributed by atoms with Crippen molar-refractivity contribution in [1.29, 1.82) is 0 Å². The van der Waals surface area contributed by atoms with Gasteiger partial charge in [0.2, 0.25) is 14.8 Å². The number of rotatable bonds is 6. The van der Waals surface area contributed by atoms with Gasteiger partial charge in [-0.2, -0.15) is 0 Å². The van der Waals surface area contributed by atoms with Crippen LogP contribution in [0, 0.1) is 0 Å². The number of nitrogens with zero attached hydrogens (tertiary/aromatic N) is 1. The largest absolute Gasteiger partial charge is 0.492 e. The van der Waals surface area contributed by atoms with E-state index >= 15 is 0 Å². The van der Waals surface area contributed by atoms with E-state index in [-0.39, 0.29) is 5.41 Å². The second kappa shape index (κ2) is 7.02. The standard InChI is InChI=1S/C17H27N2O4Si/c1-17(2,3)16-18-11-10(9-23-24(7)8)13(20-4)15(22-6)14(21-5)12(11)19-16/h9H2,1-8H3,(H,18,19). The van der Waals surface area contributed by atoms with Crippen molar-refractivity contribution in [2.24, 2.45) is 0 Å². The normalized spacial score (nSPS) is 12.0. The molecule has 0 saturated carbocycles. The van der Waals surface area contributed by atoms with Gasteiger partial charge in [0.25, 0.3) is 0 Å². The van der Waals surface area contributed by atoms with E-state index in [9.17, 15) is 0 Å². The van der Waals surface area contributed by atoms with Gasteiger partial charge in [0, 0.05) is 5.41 Å². The third-order valence-corrected chi connectivity index (χ3v) is 4.45. The predicted octanol–water partition coefficient (Wildman–Crippen LogP) is 3.65. The highest BCUT2D eigenvalue weighted by Crippen LogP contribution is 2.46. The van der Waals surface area contributed by atoms with Crippen molar-refractivity contribution in [2.45, 2.75) is 45.9 Å². The van der Waals surface area contributed by atoms with Gasteiger partial charge in [-0.05, 0) is 13.1 Å². The Morgan fingerprint density at radius 1 is 0.958 bits per heavy atom. The Kier molecular flexibility index (Phi) is 5.44. The molecule has 0 unspecified atom stereocenters. The maximum Gasteiger partial charge on any atom is 0.206 e. The van der Waals surface area contributed by atoms with Crippen molar-refractivity contribution in [3.05, 3.63) is 11.4 Å². The lowest BCUT2D eigenvalue weighted by Crippen LogP contribution is -2.13. The molecule has 24 heavy (non-hydrogen) atoms. The Labute approximate surface area is 145 Å². The van der Waals surface area contributed by atoms with E-state index in [0.29, 0.717) is 23.9 Å². The molecule has 0 spiro atoms. The van der Waals surface area contributed by atoms with E-state index in [1.165, 1.54) is 0 Å². The van der Waals surface area contributed by atoms with Crippen LogP contribution in [0.15, 0.2) is 0 Å². The first-order chi connectivity index (χ1) is 11.2. The Hall–Kier alpha value is -1.73. The fourth-order valence-corrected chi connectivity index (χ4v) is 2.95. The van der Waals surface area contributed by atoms with E-state index in [1.54, 1.807) is 21.3 Å². The number of ether oxygens (including phenoxy) is 3. The van der Waals surface area contributed by atoms with Crippen molar-refractivity contribution < 1.29 is 18.6 Å². The van der Waals surface area contributed by atoms with E-state index in [2.05, 4.69) is 38.8 Å². The van der Waals surface area contributed by atoms with Gasteiger partial charge in [-0.15, -0.1) is 0 Å². The maximum atomic E-state index is 5.92. The number of hydrogen-bond donors (Lipinski definition) is 1. The molecule has 0 fully saturated rings. The van der Waals surface area contributed by atoms with Gasteiger partial charge in [-0.1, -0.05) is 20.8 Å². The summed E-state index contributed by atoms with van der Waals surface area (Å²) < 4.78 is 22.7. The van der Waals surface area contributed by atoms with Crippen LogP contribution < -0.4 is 14.2 Å². The van der Waals surface area contributed by atoms with Gasteiger partial charge in [-0.3, -0.25) is 0 Å². The molecule has 1 N–H and O–H groups in total. The summed E-state index contributed by atoms with van der Waals surface area (Å²) in [4.78, 5) is 8.20. The molecular formula is C17H27N2O4Si. The van der Waals surface area contributed by atoms with Gasteiger partial charge in [-0.25, -0.2) is 4.98 Å². The average molecular weight is 351 g/mol. The lowest BCUT2D eigenvalue weighted by molar-refractivity contribution is 0.293. The molecule has 1 aromatic carbocycles. The van der Waals surface area contributed by atoms with E-state index in [0.717, 1.165) is 22.4 Å². The van der Waals surface area contributed by atoms with Crippen LogP contribution in [0.1, 0.15) is 32.2 Å². The molecule has 7 heteroatoms. The number of aromatic amines is 1. The predicted molar refractivity (Wildman–Crippen MR) is 96.7 cm³/mol. The number of aromatic nitrogens is 2. The molecule has 0 bridgehead atoms. The smallest absolute Gasteiger partial charge is 0.206 e. The van der Waals surface area contributed by atoms with Crippen LogP contribution in [0.2, 0.25) is 13.1 Å². The molecule has 133 valence electrons. The first-order valence-electron chi connectivity index (χ1n) is 7.88. The minimum absolute atomic E-state index is 0.118. The summed E-state index contributed by atoms with van der Waals surface area (Å²) >= 11 is 0. The van der Waals surface area contributed by atoms with Gasteiger partial charge < -0.3 is 23.6 Å². The molecule has 0 aliphatic carbocycles. The molecule has 1 aromatic heterocycles. The van der Waals surface area contributed by atoms with Crippen molar-refractivity contribution in [1.82, 2.24) is 9.97 Å². The monoisotopic (exact) mass is 351 g/mol. The van der Waals surface area contributed by atoms with Crippen molar-refractivity contribution in [3.63, 3.8) is 0 Å². The number of hydrogen-bond acceptors (Lipinski definition) is 5. The number of methoxy groups -OCH3 is 3. The topological polar surface area (TPSA) is 65.6 Å². The summed E-state index contributed by atoms with van der Waals surface area (Å²) in [6.45, 7) is 11.0. The molecule has 6 nitrogen and oxygen atoms in total. The lowest BCUT2D eigenvalue weighted by Gasteiger charge is -2.17. The third kappa shape index (κ3) is 3.37. The Morgan fingerprint density at radius 3 is 2.00 bits per heavy atom. The Morgan fingerprint density at radius 2 is 1.54 bits per heavy atom. The number of H-pyrrole nitrogens is 1. The SMILES string of the molecule is COc1c(OC)c(OC)c2[nH]c(C(C)(C)C)nc2c1CO[Si](C)C. The number of fused-ring (bicyclic) bond motifs is 1. The second-order valence-corrected chi connectivity index (χ2v) is 8.94. The molecule has 1 radical (unpaired) electrons.